The van der Waals surface area contributed by atoms with E-state index in [9.17, 15) is 4.79 Å². The molecule has 0 aliphatic carbocycles. The van der Waals surface area contributed by atoms with Crippen molar-refractivity contribution < 1.29 is 15.0 Å². The van der Waals surface area contributed by atoms with E-state index < -0.39 is 12.0 Å². The van der Waals surface area contributed by atoms with E-state index in [2.05, 4.69) is 15.3 Å². The van der Waals surface area contributed by atoms with E-state index in [-0.39, 0.29) is 13.2 Å². The summed E-state index contributed by atoms with van der Waals surface area (Å²) < 4.78 is 0. The van der Waals surface area contributed by atoms with Gasteiger partial charge in [-0.1, -0.05) is 0 Å². The van der Waals surface area contributed by atoms with Gasteiger partial charge in [-0.3, -0.25) is 4.79 Å². The largest absolute Gasteiger partial charge is 0.480 e. The highest BCUT2D eigenvalue weighted by atomic mass is 16.4. The first kappa shape index (κ1) is 10.7. The molecule has 1 rings (SSSR count). The number of aliphatic hydroxyl groups is 1. The molecule has 78 valence electrons. The first-order valence-corrected chi connectivity index (χ1v) is 4.28. The number of nitrogens with zero attached hydrogens (tertiary/aromatic N) is 1. The van der Waals surface area contributed by atoms with Gasteiger partial charge in [0.2, 0.25) is 0 Å². The van der Waals surface area contributed by atoms with Crippen LogP contribution in [-0.2, 0) is 11.2 Å². The second-order valence-corrected chi connectivity index (χ2v) is 2.85. The van der Waals surface area contributed by atoms with Crippen LogP contribution >= 0.6 is 0 Å². The predicted octanol–water partition coefficient (Wildman–Crippen LogP) is -1.01. The van der Waals surface area contributed by atoms with E-state index in [1.807, 2.05) is 0 Å². The summed E-state index contributed by atoms with van der Waals surface area (Å²) in [5.41, 5.74) is 0.753. The first-order valence-electron chi connectivity index (χ1n) is 4.28. The molecular formula is C8H13N3O3. The lowest BCUT2D eigenvalue weighted by Gasteiger charge is -2.11. The molecule has 1 heterocycles. The number of carboxylic acids is 1. The third-order valence-electron chi connectivity index (χ3n) is 1.78. The topological polar surface area (TPSA) is 98.2 Å². The molecule has 1 aromatic heterocycles. The van der Waals surface area contributed by atoms with Crippen molar-refractivity contribution >= 4 is 5.97 Å². The van der Waals surface area contributed by atoms with Crippen LogP contribution in [0.5, 0.6) is 0 Å². The maximum Gasteiger partial charge on any atom is 0.321 e. The van der Waals surface area contributed by atoms with Gasteiger partial charge < -0.3 is 20.5 Å². The van der Waals surface area contributed by atoms with Gasteiger partial charge in [0.05, 0.1) is 12.9 Å². The lowest BCUT2D eigenvalue weighted by atomic mass is 10.1. The van der Waals surface area contributed by atoms with Crippen molar-refractivity contribution in [2.75, 3.05) is 13.2 Å². The molecule has 0 fully saturated rings. The lowest BCUT2D eigenvalue weighted by molar-refractivity contribution is -0.139. The van der Waals surface area contributed by atoms with Gasteiger partial charge in [-0.15, -0.1) is 0 Å². The number of aliphatic hydroxyl groups excluding tert-OH is 1. The smallest absolute Gasteiger partial charge is 0.321 e. The molecule has 0 bridgehead atoms. The highest BCUT2D eigenvalue weighted by molar-refractivity contribution is 5.73. The minimum atomic E-state index is -0.937. The van der Waals surface area contributed by atoms with Crippen molar-refractivity contribution in [3.05, 3.63) is 18.2 Å². The summed E-state index contributed by atoms with van der Waals surface area (Å²) in [5.74, 6) is -0.937. The number of hydrogen-bond acceptors (Lipinski definition) is 4. The monoisotopic (exact) mass is 199 g/mol. The van der Waals surface area contributed by atoms with Gasteiger partial charge in [0.1, 0.15) is 6.04 Å². The third kappa shape index (κ3) is 3.15. The van der Waals surface area contributed by atoms with Crippen molar-refractivity contribution in [2.45, 2.75) is 12.5 Å². The summed E-state index contributed by atoms with van der Waals surface area (Å²) >= 11 is 0. The zero-order chi connectivity index (χ0) is 10.4. The Morgan fingerprint density at radius 1 is 1.71 bits per heavy atom. The maximum absolute atomic E-state index is 10.8. The molecule has 0 aliphatic rings. The van der Waals surface area contributed by atoms with E-state index in [0.29, 0.717) is 6.42 Å². The maximum atomic E-state index is 10.8. The zero-order valence-corrected chi connectivity index (χ0v) is 7.60. The fourth-order valence-corrected chi connectivity index (χ4v) is 1.10. The molecule has 0 aromatic carbocycles. The molecule has 4 N–H and O–H groups in total. The summed E-state index contributed by atoms with van der Waals surface area (Å²) in [5, 5.41) is 20.1. The average Bonchev–Trinajstić information content (AvgIpc) is 2.64. The zero-order valence-electron chi connectivity index (χ0n) is 7.60. The Morgan fingerprint density at radius 2 is 2.50 bits per heavy atom. The Kier molecular flexibility index (Phi) is 4.09. The standard InChI is InChI=1S/C8H13N3O3/c12-2-1-10-7(8(13)14)3-6-4-9-5-11-6/h4-5,7,10,12H,1-3H2,(H,9,11)(H,13,14)/t7-/m1/s1. The molecule has 0 saturated carbocycles. The number of aromatic amines is 1. The van der Waals surface area contributed by atoms with Crippen LogP contribution in [0.2, 0.25) is 0 Å². The summed E-state index contributed by atoms with van der Waals surface area (Å²) in [6, 6.07) is -0.692. The SMILES string of the molecule is O=C(O)[C@@H](Cc1cnc[nH]1)NCCO. The molecule has 0 saturated heterocycles. The average molecular weight is 199 g/mol. The van der Waals surface area contributed by atoms with Crippen LogP contribution in [0.25, 0.3) is 0 Å². The van der Waals surface area contributed by atoms with Crippen molar-refractivity contribution in [2.24, 2.45) is 0 Å². The molecule has 14 heavy (non-hydrogen) atoms. The van der Waals surface area contributed by atoms with Gasteiger partial charge in [0, 0.05) is 24.9 Å². The Hall–Kier alpha value is -1.40. The summed E-state index contributed by atoms with van der Waals surface area (Å²) in [7, 11) is 0. The first-order chi connectivity index (χ1) is 6.74. The Morgan fingerprint density at radius 3 is 3.00 bits per heavy atom. The van der Waals surface area contributed by atoms with Gasteiger partial charge in [0.25, 0.3) is 0 Å². The molecule has 0 aliphatic heterocycles. The third-order valence-corrected chi connectivity index (χ3v) is 1.78. The normalized spacial score (nSPS) is 12.6. The number of carbonyl (C=O) groups is 1. The number of H-pyrrole nitrogens is 1. The summed E-state index contributed by atoms with van der Waals surface area (Å²) in [4.78, 5) is 17.4. The van der Waals surface area contributed by atoms with Crippen LogP contribution in [0.4, 0.5) is 0 Å². The predicted molar refractivity (Wildman–Crippen MR) is 48.8 cm³/mol. The van der Waals surface area contributed by atoms with Crippen LogP contribution in [0.3, 0.4) is 0 Å². The van der Waals surface area contributed by atoms with Gasteiger partial charge in [0.15, 0.2) is 0 Å². The molecule has 6 nitrogen and oxygen atoms in total. The van der Waals surface area contributed by atoms with E-state index in [1.54, 1.807) is 6.20 Å². The second kappa shape index (κ2) is 5.36. The Labute approximate surface area is 81.0 Å². The van der Waals surface area contributed by atoms with E-state index in [4.69, 9.17) is 10.2 Å². The van der Waals surface area contributed by atoms with Crippen LogP contribution in [0.15, 0.2) is 12.5 Å². The number of imidazole rings is 1. The molecule has 1 aromatic rings. The van der Waals surface area contributed by atoms with Crippen LogP contribution in [0.1, 0.15) is 5.69 Å². The quantitative estimate of drug-likeness (QED) is 0.470. The van der Waals surface area contributed by atoms with E-state index in [1.165, 1.54) is 6.33 Å². The summed E-state index contributed by atoms with van der Waals surface area (Å²) in [6.07, 6.45) is 3.41. The van der Waals surface area contributed by atoms with Crippen LogP contribution < -0.4 is 5.32 Å². The number of hydrogen-bond donors (Lipinski definition) is 4. The lowest BCUT2D eigenvalue weighted by Crippen LogP contribution is -2.40. The van der Waals surface area contributed by atoms with Crippen molar-refractivity contribution in [1.29, 1.82) is 0 Å². The number of aromatic nitrogens is 2. The molecular weight excluding hydrogens is 186 g/mol. The molecule has 0 amide bonds. The van der Waals surface area contributed by atoms with Crippen molar-refractivity contribution in [3.63, 3.8) is 0 Å². The minimum Gasteiger partial charge on any atom is -0.480 e. The molecule has 6 heteroatoms. The van der Waals surface area contributed by atoms with Gasteiger partial charge in [-0.25, -0.2) is 4.98 Å². The minimum absolute atomic E-state index is 0.0766. The van der Waals surface area contributed by atoms with Crippen LogP contribution in [0, 0.1) is 0 Å². The number of nitrogens with one attached hydrogen (secondary N) is 2. The highest BCUT2D eigenvalue weighted by Crippen LogP contribution is 1.98. The molecule has 1 atom stereocenters. The highest BCUT2D eigenvalue weighted by Gasteiger charge is 2.17. The van der Waals surface area contributed by atoms with Crippen LogP contribution in [-0.4, -0.2) is 45.3 Å². The van der Waals surface area contributed by atoms with Gasteiger partial charge in [-0.05, 0) is 0 Å². The van der Waals surface area contributed by atoms with Gasteiger partial charge in [-0.2, -0.15) is 0 Å². The van der Waals surface area contributed by atoms with Gasteiger partial charge >= 0.3 is 5.97 Å². The summed E-state index contributed by atoms with van der Waals surface area (Å²) in [6.45, 7) is 0.192. The Bertz CT molecular complexity index is 273. The fraction of sp³-hybridized carbons (Fsp3) is 0.500. The molecule has 0 spiro atoms. The fourth-order valence-electron chi connectivity index (χ4n) is 1.10. The van der Waals surface area contributed by atoms with Crippen molar-refractivity contribution in [3.8, 4) is 0 Å². The number of carboxylic acid groups (broad SMARTS) is 1. The van der Waals surface area contributed by atoms with Crippen molar-refractivity contribution in [1.82, 2.24) is 15.3 Å². The van der Waals surface area contributed by atoms with E-state index in [0.717, 1.165) is 5.69 Å². The molecule has 0 radical (unpaired) electrons. The van der Waals surface area contributed by atoms with E-state index >= 15 is 0 Å². The number of rotatable bonds is 6. The molecule has 0 unspecified atom stereocenters. The number of aliphatic carboxylic acids is 1. The second-order valence-electron chi connectivity index (χ2n) is 2.85. The Balaban J connectivity index is 2.47.